The van der Waals surface area contributed by atoms with Crippen molar-refractivity contribution in [3.8, 4) is 0 Å². The first kappa shape index (κ1) is 12.8. The molecular formula is C12H18N4O2. The minimum absolute atomic E-state index is 0.129. The fourth-order valence-corrected chi connectivity index (χ4v) is 2.16. The fourth-order valence-electron chi connectivity index (χ4n) is 2.16. The average Bonchev–Trinajstić information content (AvgIpc) is 2.38. The third-order valence-corrected chi connectivity index (χ3v) is 3.31. The smallest absolute Gasteiger partial charge is 0.269 e. The molecule has 1 aliphatic carbocycles. The maximum atomic E-state index is 10.8. The van der Waals surface area contributed by atoms with Crippen LogP contribution in [-0.4, -0.2) is 33.9 Å². The third kappa shape index (κ3) is 3.40. The quantitative estimate of drug-likeness (QED) is 0.724. The normalized spacial score (nSPS) is 23.6. The number of hydrogen-bond acceptors (Lipinski definition) is 5. The molecule has 0 atom stereocenters. The lowest BCUT2D eigenvalue weighted by atomic mass is 9.87. The van der Waals surface area contributed by atoms with Crippen LogP contribution in [0.4, 0.5) is 5.82 Å². The van der Waals surface area contributed by atoms with E-state index in [9.17, 15) is 9.90 Å². The molecule has 6 nitrogen and oxygen atoms in total. The van der Waals surface area contributed by atoms with Crippen molar-refractivity contribution in [3.63, 3.8) is 0 Å². The molecule has 0 spiro atoms. The number of aliphatic hydroxyl groups excluding tert-OH is 1. The van der Waals surface area contributed by atoms with E-state index in [2.05, 4.69) is 15.5 Å². The van der Waals surface area contributed by atoms with Gasteiger partial charge in [0.05, 0.1) is 6.10 Å². The Morgan fingerprint density at radius 2 is 2.06 bits per heavy atom. The van der Waals surface area contributed by atoms with Gasteiger partial charge < -0.3 is 16.2 Å². The number of carbonyl (C=O) groups is 1. The number of aliphatic hydroxyl groups is 1. The zero-order valence-electron chi connectivity index (χ0n) is 10.2. The molecule has 98 valence electrons. The number of nitrogens with zero attached hydrogens (tertiary/aromatic N) is 2. The van der Waals surface area contributed by atoms with Crippen LogP contribution in [0.5, 0.6) is 0 Å². The molecule has 1 amide bonds. The lowest BCUT2D eigenvalue weighted by Gasteiger charge is -2.25. The number of carbonyl (C=O) groups excluding carboxylic acids is 1. The van der Waals surface area contributed by atoms with Crippen LogP contribution in [0.2, 0.25) is 0 Å². The number of primary amides is 1. The zero-order chi connectivity index (χ0) is 13.0. The molecule has 1 heterocycles. The van der Waals surface area contributed by atoms with Gasteiger partial charge in [-0.3, -0.25) is 4.79 Å². The summed E-state index contributed by atoms with van der Waals surface area (Å²) in [4.78, 5) is 10.8. The molecule has 0 aliphatic heterocycles. The SMILES string of the molecule is NC(=O)c1ccc(NCC2CCC(O)CC2)nn1. The molecule has 1 aromatic rings. The second-order valence-electron chi connectivity index (χ2n) is 4.72. The first-order valence-corrected chi connectivity index (χ1v) is 6.20. The number of hydrogen-bond donors (Lipinski definition) is 3. The zero-order valence-corrected chi connectivity index (χ0v) is 10.2. The van der Waals surface area contributed by atoms with Crippen molar-refractivity contribution >= 4 is 11.7 Å². The summed E-state index contributed by atoms with van der Waals surface area (Å²) in [5.74, 6) is 0.632. The van der Waals surface area contributed by atoms with Gasteiger partial charge in [-0.15, -0.1) is 10.2 Å². The minimum Gasteiger partial charge on any atom is -0.393 e. The van der Waals surface area contributed by atoms with Gasteiger partial charge in [0.15, 0.2) is 5.69 Å². The Balaban J connectivity index is 1.81. The average molecular weight is 250 g/mol. The second-order valence-corrected chi connectivity index (χ2v) is 4.72. The van der Waals surface area contributed by atoms with E-state index in [0.717, 1.165) is 32.2 Å². The summed E-state index contributed by atoms with van der Waals surface area (Å²) in [5.41, 5.74) is 5.25. The van der Waals surface area contributed by atoms with Gasteiger partial charge in [0.25, 0.3) is 5.91 Å². The minimum atomic E-state index is -0.574. The summed E-state index contributed by atoms with van der Waals surface area (Å²) >= 11 is 0. The van der Waals surface area contributed by atoms with Gasteiger partial charge in [-0.25, -0.2) is 0 Å². The van der Waals surface area contributed by atoms with E-state index >= 15 is 0 Å². The molecule has 1 fully saturated rings. The van der Waals surface area contributed by atoms with Crippen LogP contribution in [0, 0.1) is 5.92 Å². The van der Waals surface area contributed by atoms with Crippen LogP contribution in [-0.2, 0) is 0 Å². The van der Waals surface area contributed by atoms with Crippen molar-refractivity contribution in [2.75, 3.05) is 11.9 Å². The highest BCUT2D eigenvalue weighted by Gasteiger charge is 2.19. The molecule has 18 heavy (non-hydrogen) atoms. The highest BCUT2D eigenvalue weighted by molar-refractivity contribution is 5.90. The predicted molar refractivity (Wildman–Crippen MR) is 67.0 cm³/mol. The number of nitrogens with one attached hydrogen (secondary N) is 1. The maximum absolute atomic E-state index is 10.8. The lowest BCUT2D eigenvalue weighted by Crippen LogP contribution is -2.24. The van der Waals surface area contributed by atoms with Crippen molar-refractivity contribution in [1.82, 2.24) is 10.2 Å². The monoisotopic (exact) mass is 250 g/mol. The summed E-state index contributed by atoms with van der Waals surface area (Å²) in [6.07, 6.45) is 3.68. The third-order valence-electron chi connectivity index (χ3n) is 3.31. The molecule has 0 bridgehead atoms. The van der Waals surface area contributed by atoms with E-state index < -0.39 is 5.91 Å². The van der Waals surface area contributed by atoms with Crippen LogP contribution >= 0.6 is 0 Å². The van der Waals surface area contributed by atoms with Crippen molar-refractivity contribution < 1.29 is 9.90 Å². The Hall–Kier alpha value is -1.69. The second kappa shape index (κ2) is 5.77. The Labute approximate surface area is 106 Å². The number of anilines is 1. The van der Waals surface area contributed by atoms with E-state index in [0.29, 0.717) is 11.7 Å². The summed E-state index contributed by atoms with van der Waals surface area (Å²) < 4.78 is 0. The van der Waals surface area contributed by atoms with Crippen molar-refractivity contribution in [2.24, 2.45) is 11.7 Å². The van der Waals surface area contributed by atoms with E-state index in [1.165, 1.54) is 0 Å². The molecule has 1 aromatic heterocycles. The van der Waals surface area contributed by atoms with E-state index in [4.69, 9.17) is 5.73 Å². The van der Waals surface area contributed by atoms with Gasteiger partial charge in [0.1, 0.15) is 5.82 Å². The van der Waals surface area contributed by atoms with Gasteiger partial charge in [-0.2, -0.15) is 0 Å². The molecule has 6 heteroatoms. The fraction of sp³-hybridized carbons (Fsp3) is 0.583. The van der Waals surface area contributed by atoms with Crippen molar-refractivity contribution in [3.05, 3.63) is 17.8 Å². The molecule has 1 aliphatic rings. The van der Waals surface area contributed by atoms with Gasteiger partial charge >= 0.3 is 0 Å². The number of nitrogens with two attached hydrogens (primary N) is 1. The molecule has 0 aromatic carbocycles. The Morgan fingerprint density at radius 3 is 2.61 bits per heavy atom. The molecule has 0 unspecified atom stereocenters. The van der Waals surface area contributed by atoms with Crippen LogP contribution in [0.15, 0.2) is 12.1 Å². The van der Waals surface area contributed by atoms with Crippen LogP contribution < -0.4 is 11.1 Å². The number of aromatic nitrogens is 2. The van der Waals surface area contributed by atoms with Gasteiger partial charge in [0, 0.05) is 6.54 Å². The molecule has 1 saturated carbocycles. The molecule has 0 saturated heterocycles. The Kier molecular flexibility index (Phi) is 4.09. The molecule has 0 radical (unpaired) electrons. The summed E-state index contributed by atoms with van der Waals surface area (Å²) in [6, 6.07) is 3.26. The van der Waals surface area contributed by atoms with Crippen molar-refractivity contribution in [1.29, 1.82) is 0 Å². The molecular weight excluding hydrogens is 232 g/mol. The highest BCUT2D eigenvalue weighted by Crippen LogP contribution is 2.24. The van der Waals surface area contributed by atoms with E-state index in [1.807, 2.05) is 0 Å². The highest BCUT2D eigenvalue weighted by atomic mass is 16.3. The largest absolute Gasteiger partial charge is 0.393 e. The standard InChI is InChI=1S/C12H18N4O2/c13-12(18)10-5-6-11(16-15-10)14-7-8-1-3-9(17)4-2-8/h5-6,8-9,17H,1-4,7H2,(H2,13,18)(H,14,16). The molecule has 4 N–H and O–H groups in total. The van der Waals surface area contributed by atoms with Crippen molar-refractivity contribution in [2.45, 2.75) is 31.8 Å². The van der Waals surface area contributed by atoms with Crippen LogP contribution in [0.3, 0.4) is 0 Å². The first-order valence-electron chi connectivity index (χ1n) is 6.20. The van der Waals surface area contributed by atoms with Gasteiger partial charge in [-0.05, 0) is 43.7 Å². The summed E-state index contributed by atoms with van der Waals surface area (Å²) in [7, 11) is 0. The van der Waals surface area contributed by atoms with Crippen LogP contribution in [0.1, 0.15) is 36.2 Å². The summed E-state index contributed by atoms with van der Waals surface area (Å²) in [5, 5.41) is 20.2. The summed E-state index contributed by atoms with van der Waals surface area (Å²) in [6.45, 7) is 0.817. The number of rotatable bonds is 4. The van der Waals surface area contributed by atoms with Gasteiger partial charge in [-0.1, -0.05) is 0 Å². The lowest BCUT2D eigenvalue weighted by molar-refractivity contribution is 0.0994. The first-order chi connectivity index (χ1) is 8.65. The number of amides is 1. The Bertz CT molecular complexity index is 399. The molecule has 2 rings (SSSR count). The topological polar surface area (TPSA) is 101 Å². The van der Waals surface area contributed by atoms with E-state index in [-0.39, 0.29) is 11.8 Å². The Morgan fingerprint density at radius 1 is 1.33 bits per heavy atom. The van der Waals surface area contributed by atoms with Gasteiger partial charge in [0.2, 0.25) is 0 Å². The van der Waals surface area contributed by atoms with Crippen LogP contribution in [0.25, 0.3) is 0 Å². The predicted octanol–water partition coefficient (Wildman–Crippen LogP) is 0.538. The van der Waals surface area contributed by atoms with E-state index in [1.54, 1.807) is 12.1 Å². The maximum Gasteiger partial charge on any atom is 0.269 e.